The van der Waals surface area contributed by atoms with E-state index in [9.17, 15) is 92.6 Å². The molecule has 0 aliphatic heterocycles. The highest BCUT2D eigenvalue weighted by Gasteiger charge is 2.96. The van der Waals surface area contributed by atoms with E-state index in [1.807, 2.05) is 6.92 Å². The van der Waals surface area contributed by atoms with Gasteiger partial charge >= 0.3 is 65.7 Å². The first-order valence-corrected chi connectivity index (χ1v) is 14.3. The van der Waals surface area contributed by atoms with Crippen LogP contribution < -0.4 is 0 Å². The molecule has 0 unspecified atom stereocenters. The number of ether oxygens (including phenoxy) is 1. The second-order valence-corrected chi connectivity index (χ2v) is 11.7. The number of rotatable bonds is 16. The van der Waals surface area contributed by atoms with Crippen molar-refractivity contribution in [3.05, 3.63) is 35.4 Å². The summed E-state index contributed by atoms with van der Waals surface area (Å²) in [7, 11) is 0. The number of esters is 1. The smallest absolute Gasteiger partial charge is 0.385 e. The van der Waals surface area contributed by atoms with Gasteiger partial charge < -0.3 is 4.74 Å². The molecule has 0 radical (unpaired) electrons. The van der Waals surface area contributed by atoms with Gasteiger partial charge in [0.05, 0.1) is 5.56 Å². The van der Waals surface area contributed by atoms with Gasteiger partial charge in [0.1, 0.15) is 0 Å². The molecule has 0 N–H and O–H groups in total. The summed E-state index contributed by atoms with van der Waals surface area (Å²) in [4.78, 5) is 12.1. The Balaban J connectivity index is 2.29. The van der Waals surface area contributed by atoms with Crippen LogP contribution in [0.2, 0.25) is 0 Å². The van der Waals surface area contributed by atoms with E-state index < -0.39 is 77.9 Å². The third-order valence-corrected chi connectivity index (χ3v) is 8.33. The van der Waals surface area contributed by atoms with Crippen LogP contribution in [-0.4, -0.2) is 72.3 Å². The van der Waals surface area contributed by atoms with Gasteiger partial charge in [-0.2, -0.15) is 79.0 Å². The summed E-state index contributed by atoms with van der Waals surface area (Å²) in [5, 5.41) is 0. The van der Waals surface area contributed by atoms with E-state index in [-0.39, 0.29) is 5.92 Å². The minimum absolute atomic E-state index is 0.0256. The Bertz CT molecular complexity index is 1300. The van der Waals surface area contributed by atoms with Crippen LogP contribution >= 0.6 is 0 Å². The zero-order chi connectivity index (χ0) is 39.2. The van der Waals surface area contributed by atoms with E-state index in [0.29, 0.717) is 24.3 Å². The van der Waals surface area contributed by atoms with Crippen LogP contribution in [0.1, 0.15) is 73.7 Å². The third kappa shape index (κ3) is 6.92. The molecule has 1 fully saturated rings. The molecule has 2 nitrogen and oxygen atoms in total. The van der Waals surface area contributed by atoms with Crippen molar-refractivity contribution in [3.8, 4) is 0 Å². The Hall–Kier alpha value is -2.71. The van der Waals surface area contributed by atoms with Crippen molar-refractivity contribution in [2.75, 3.05) is 6.61 Å². The van der Waals surface area contributed by atoms with Crippen LogP contribution in [0.15, 0.2) is 24.3 Å². The van der Waals surface area contributed by atoms with Gasteiger partial charge in [-0.25, -0.2) is 13.6 Å². The summed E-state index contributed by atoms with van der Waals surface area (Å²) in [5.41, 5.74) is -0.121. The van der Waals surface area contributed by atoms with Crippen molar-refractivity contribution in [3.63, 3.8) is 0 Å². The van der Waals surface area contributed by atoms with Gasteiger partial charge in [0.25, 0.3) is 0 Å². The minimum atomic E-state index is -9.10. The summed E-state index contributed by atoms with van der Waals surface area (Å²) >= 11 is 0. The molecule has 290 valence electrons. The maximum absolute atomic E-state index is 14.1. The zero-order valence-corrected chi connectivity index (χ0v) is 25.1. The molecular formula is C28H26F20O2. The summed E-state index contributed by atoms with van der Waals surface area (Å²) in [6, 6.07) is 4.31. The van der Waals surface area contributed by atoms with Crippen LogP contribution in [0.25, 0.3) is 0 Å². The molecule has 0 amide bonds. The standard InChI is InChI=1S/C28H26F20O2/c1-2-3-4-14-5-7-15(8-6-14)16-9-11-17(12-10-16)18(49)50-13-20(31,32)22(35,36)24(39,40)26(43,44)28(47,48)27(45,46)25(41,42)23(37,38)21(33,34)19(29)30/h9-12,14-15,19H,2-8,13H2,1H3. The van der Waals surface area contributed by atoms with Crippen molar-refractivity contribution < 1.29 is 97.3 Å². The molecule has 0 aromatic heterocycles. The number of halogens is 20. The van der Waals surface area contributed by atoms with Crippen molar-refractivity contribution in [1.29, 1.82) is 0 Å². The van der Waals surface area contributed by atoms with Gasteiger partial charge in [-0.15, -0.1) is 0 Å². The van der Waals surface area contributed by atoms with E-state index in [1.165, 1.54) is 12.1 Å². The quantitative estimate of drug-likeness (QED) is 0.124. The largest absolute Gasteiger partial charge is 0.455 e. The molecule has 0 bridgehead atoms. The first-order valence-electron chi connectivity index (χ1n) is 14.3. The summed E-state index contributed by atoms with van der Waals surface area (Å²) in [5.74, 6) is -77.6. The predicted molar refractivity (Wildman–Crippen MR) is 131 cm³/mol. The second kappa shape index (κ2) is 14.0. The Morgan fingerprint density at radius 2 is 1.04 bits per heavy atom. The van der Waals surface area contributed by atoms with Crippen molar-refractivity contribution >= 4 is 5.97 Å². The minimum Gasteiger partial charge on any atom is -0.455 e. The molecule has 0 atom stereocenters. The molecule has 0 spiro atoms. The Morgan fingerprint density at radius 3 is 1.44 bits per heavy atom. The lowest BCUT2D eigenvalue weighted by atomic mass is 9.77. The maximum atomic E-state index is 14.1. The SMILES string of the molecule is CCCCC1CCC(c2ccc(C(=O)OCC(F)(F)C(F)(F)C(F)(F)C(F)(F)C(F)(F)C(F)(F)C(F)(F)C(F)(F)C(F)(F)C(F)F)cc2)CC1. The number of hydrogen-bond acceptors (Lipinski definition) is 2. The van der Waals surface area contributed by atoms with Crippen LogP contribution in [0.3, 0.4) is 0 Å². The lowest BCUT2D eigenvalue weighted by molar-refractivity contribution is -0.465. The molecule has 1 aliphatic carbocycles. The molecule has 22 heteroatoms. The topological polar surface area (TPSA) is 26.3 Å². The molecule has 1 aromatic carbocycles. The van der Waals surface area contributed by atoms with E-state index >= 15 is 0 Å². The lowest BCUT2D eigenvalue weighted by Crippen LogP contribution is -2.76. The van der Waals surface area contributed by atoms with Gasteiger partial charge in [-0.05, 0) is 55.2 Å². The van der Waals surface area contributed by atoms with Crippen LogP contribution in [-0.2, 0) is 4.74 Å². The van der Waals surface area contributed by atoms with E-state index in [4.69, 9.17) is 0 Å². The van der Waals surface area contributed by atoms with E-state index in [0.717, 1.165) is 44.2 Å². The normalized spacial score (nSPS) is 19.6. The van der Waals surface area contributed by atoms with Crippen molar-refractivity contribution in [2.45, 2.75) is 118 Å². The fourth-order valence-electron chi connectivity index (χ4n) is 5.06. The molecule has 1 aromatic rings. The van der Waals surface area contributed by atoms with E-state index in [1.54, 1.807) is 0 Å². The number of benzene rings is 1. The maximum Gasteiger partial charge on any atom is 0.385 e. The van der Waals surface area contributed by atoms with Gasteiger partial charge in [0.2, 0.25) is 0 Å². The molecule has 0 heterocycles. The zero-order valence-electron chi connectivity index (χ0n) is 25.1. The molecule has 1 saturated carbocycles. The number of carbonyl (C=O) groups excluding carboxylic acids is 1. The summed E-state index contributed by atoms with van der Waals surface area (Å²) in [6.45, 7) is -1.38. The fraction of sp³-hybridized carbons (Fsp3) is 0.750. The highest BCUT2D eigenvalue weighted by atomic mass is 19.4. The van der Waals surface area contributed by atoms with E-state index in [2.05, 4.69) is 4.74 Å². The van der Waals surface area contributed by atoms with Crippen molar-refractivity contribution in [2.24, 2.45) is 5.92 Å². The average molecular weight is 774 g/mol. The Kier molecular flexibility index (Phi) is 12.2. The van der Waals surface area contributed by atoms with Crippen molar-refractivity contribution in [1.82, 2.24) is 0 Å². The molecule has 1 aliphatic rings. The predicted octanol–water partition coefficient (Wildman–Crippen LogP) is 11.3. The highest BCUT2D eigenvalue weighted by Crippen LogP contribution is 2.65. The lowest BCUT2D eigenvalue weighted by Gasteiger charge is -2.44. The number of unbranched alkanes of at least 4 members (excludes halogenated alkanes) is 1. The second-order valence-electron chi connectivity index (χ2n) is 11.7. The first kappa shape index (κ1) is 43.5. The third-order valence-electron chi connectivity index (χ3n) is 8.33. The van der Waals surface area contributed by atoms with Gasteiger partial charge in [0.15, 0.2) is 6.61 Å². The Morgan fingerprint density at radius 1 is 0.640 bits per heavy atom. The fourth-order valence-corrected chi connectivity index (χ4v) is 5.06. The van der Waals surface area contributed by atoms with Crippen LogP contribution in [0, 0.1) is 5.92 Å². The Labute approximate surface area is 269 Å². The number of carbonyl (C=O) groups is 1. The van der Waals surface area contributed by atoms with Gasteiger partial charge in [-0.3, -0.25) is 0 Å². The van der Waals surface area contributed by atoms with Crippen LogP contribution in [0.4, 0.5) is 87.8 Å². The monoisotopic (exact) mass is 774 g/mol. The summed E-state index contributed by atoms with van der Waals surface area (Å²) < 4.78 is 275. The first-order chi connectivity index (χ1) is 22.3. The molecular weight excluding hydrogens is 748 g/mol. The van der Waals surface area contributed by atoms with Gasteiger partial charge in [-0.1, -0.05) is 38.3 Å². The van der Waals surface area contributed by atoms with Crippen LogP contribution in [0.5, 0.6) is 0 Å². The molecule has 2 rings (SSSR count). The number of hydrogen-bond donors (Lipinski definition) is 0. The average Bonchev–Trinajstić information content (AvgIpc) is 3.02. The van der Waals surface area contributed by atoms with Gasteiger partial charge in [0, 0.05) is 0 Å². The molecule has 50 heavy (non-hydrogen) atoms. The number of alkyl halides is 20. The summed E-state index contributed by atoms with van der Waals surface area (Å²) in [6.07, 6.45) is 0.0411. The highest BCUT2D eigenvalue weighted by molar-refractivity contribution is 5.89. The molecule has 0 saturated heterocycles.